The van der Waals surface area contributed by atoms with Crippen LogP contribution in [0.5, 0.6) is 0 Å². The lowest BCUT2D eigenvalue weighted by atomic mass is 10.0. The summed E-state index contributed by atoms with van der Waals surface area (Å²) in [6, 6.07) is 12.7. The lowest BCUT2D eigenvalue weighted by Crippen LogP contribution is -2.79. The zero-order valence-electron chi connectivity index (χ0n) is 19.7. The highest BCUT2D eigenvalue weighted by molar-refractivity contribution is 7.89. The van der Waals surface area contributed by atoms with E-state index in [9.17, 15) is 23.4 Å². The second-order valence-electron chi connectivity index (χ2n) is 8.65. The van der Waals surface area contributed by atoms with Crippen LogP contribution in [0.2, 0.25) is 10.0 Å². The molecule has 0 radical (unpaired) electrons. The molecule has 2 aromatic carbocycles. The molecule has 0 fully saturated rings. The van der Waals surface area contributed by atoms with Gasteiger partial charge in [0, 0.05) is 16.3 Å². The standard InChI is InChI=1S/C24H27Cl2N3O5S2/c1-14(2)9-19(29-24(32)21-10-15-5-3-4-6-20(15)35-21)23(31)27-12-17(30)13-28-36(33,34)22-8-7-16(25)11-18(22)26/h3-8,10-11,14,17,19,28,30H,9,12-13H2,1-2H3,(H,27,31)(H,29,32)/p+1/t17-,19+/m1/s1. The van der Waals surface area contributed by atoms with Crippen LogP contribution in [-0.2, 0) is 10.0 Å². The van der Waals surface area contributed by atoms with E-state index in [0.29, 0.717) is 16.3 Å². The lowest BCUT2D eigenvalue weighted by Gasteiger charge is -2.16. The normalized spacial score (nSPS) is 14.2. The highest BCUT2D eigenvalue weighted by Gasteiger charge is 2.26. The van der Waals surface area contributed by atoms with Crippen LogP contribution in [0.3, 0.4) is 0 Å². The van der Waals surface area contributed by atoms with Crippen molar-refractivity contribution in [3.8, 4) is 0 Å². The van der Waals surface area contributed by atoms with Crippen LogP contribution in [0.1, 0.15) is 29.9 Å². The Morgan fingerprint density at radius 3 is 2.53 bits per heavy atom. The Labute approximate surface area is 224 Å². The Morgan fingerprint density at radius 2 is 1.86 bits per heavy atom. The van der Waals surface area contributed by atoms with Gasteiger partial charge in [0.2, 0.25) is 10.0 Å². The van der Waals surface area contributed by atoms with E-state index in [0.717, 1.165) is 10.1 Å². The van der Waals surface area contributed by atoms with Crippen LogP contribution in [-0.4, -0.2) is 55.7 Å². The number of thiophene rings is 1. The number of nitrogens with one attached hydrogen (secondary N) is 3. The fourth-order valence-corrected chi connectivity index (χ4v) is 6.24. The predicted octanol–water partition coefficient (Wildman–Crippen LogP) is 2.73. The minimum Gasteiger partial charge on any atom is -0.462 e. The summed E-state index contributed by atoms with van der Waals surface area (Å²) in [5, 5.41) is 25.0. The molecule has 0 aliphatic rings. The number of rotatable bonds is 11. The van der Waals surface area contributed by atoms with Gasteiger partial charge in [-0.25, -0.2) is 18.1 Å². The van der Waals surface area contributed by atoms with E-state index < -0.39 is 22.2 Å². The number of fused-ring (bicyclic) bond motifs is 1. The lowest BCUT2D eigenvalue weighted by molar-refractivity contribution is -0.479. The number of halogens is 2. The number of hydrogen-bond acceptors (Lipinski definition) is 5. The van der Waals surface area contributed by atoms with Crippen LogP contribution < -0.4 is 15.0 Å². The van der Waals surface area contributed by atoms with Gasteiger partial charge in [0.15, 0.2) is 12.6 Å². The van der Waals surface area contributed by atoms with Crippen LogP contribution in [0, 0.1) is 5.92 Å². The van der Waals surface area contributed by atoms with Crippen molar-refractivity contribution in [2.24, 2.45) is 5.92 Å². The summed E-state index contributed by atoms with van der Waals surface area (Å²) < 4.78 is 28.2. The van der Waals surface area contributed by atoms with E-state index in [1.807, 2.05) is 38.1 Å². The van der Waals surface area contributed by atoms with Gasteiger partial charge in [0.1, 0.15) is 11.0 Å². The zero-order chi connectivity index (χ0) is 26.5. The molecule has 0 saturated heterocycles. The van der Waals surface area contributed by atoms with E-state index in [-0.39, 0.29) is 40.7 Å². The van der Waals surface area contributed by atoms with Gasteiger partial charge >= 0.3 is 5.90 Å². The van der Waals surface area contributed by atoms with Gasteiger partial charge < -0.3 is 15.5 Å². The van der Waals surface area contributed by atoms with Crippen molar-refractivity contribution in [2.45, 2.75) is 37.3 Å². The summed E-state index contributed by atoms with van der Waals surface area (Å²) in [5.41, 5.74) is 0. The van der Waals surface area contributed by atoms with Crippen molar-refractivity contribution in [1.29, 1.82) is 0 Å². The zero-order valence-corrected chi connectivity index (χ0v) is 22.8. The van der Waals surface area contributed by atoms with Crippen molar-refractivity contribution >= 4 is 66.5 Å². The molecule has 36 heavy (non-hydrogen) atoms. The summed E-state index contributed by atoms with van der Waals surface area (Å²) in [7, 11) is -3.98. The quantitative estimate of drug-likeness (QED) is 0.178. The third kappa shape index (κ3) is 7.64. The SMILES string of the molecule is CC(C)C[C@H](NC(=O)c1cc2ccccc2s1)C(O)=[NH+]C[C@@H](O)CNS(=O)(=O)c1ccc(Cl)cc1Cl. The first-order valence-corrected chi connectivity index (χ1v) is 14.2. The number of carbonyl (C=O) groups excluding carboxylic acids is 1. The van der Waals surface area contributed by atoms with Crippen molar-refractivity contribution < 1.29 is 28.4 Å². The van der Waals surface area contributed by atoms with Crippen LogP contribution in [0.15, 0.2) is 53.4 Å². The molecule has 5 N–H and O–H groups in total. The number of sulfonamides is 1. The average Bonchev–Trinajstić information content (AvgIpc) is 3.25. The molecule has 1 aromatic heterocycles. The number of benzene rings is 2. The molecule has 0 aliphatic heterocycles. The van der Waals surface area contributed by atoms with Gasteiger partial charge in [-0.05, 0) is 48.1 Å². The summed E-state index contributed by atoms with van der Waals surface area (Å²) in [6.07, 6.45) is -0.723. The second kappa shape index (κ2) is 12.4. The molecule has 12 heteroatoms. The molecule has 3 aromatic rings. The Bertz CT molecular complexity index is 1330. The van der Waals surface area contributed by atoms with Gasteiger partial charge in [-0.2, -0.15) is 0 Å². The average molecular weight is 574 g/mol. The molecule has 1 amide bonds. The minimum atomic E-state index is -3.98. The first-order chi connectivity index (χ1) is 17.0. The molecule has 0 spiro atoms. The monoisotopic (exact) mass is 572 g/mol. The fraction of sp³-hybridized carbons (Fsp3) is 0.333. The van der Waals surface area contributed by atoms with Gasteiger partial charge in [0.05, 0.1) is 9.90 Å². The molecule has 194 valence electrons. The number of amides is 1. The van der Waals surface area contributed by atoms with Crippen LogP contribution >= 0.6 is 34.5 Å². The van der Waals surface area contributed by atoms with Gasteiger partial charge in [-0.1, -0.05) is 55.2 Å². The Morgan fingerprint density at radius 1 is 1.14 bits per heavy atom. The maximum atomic E-state index is 12.8. The number of hydrogen-bond donors (Lipinski definition) is 5. The molecule has 2 atom stereocenters. The predicted molar refractivity (Wildman–Crippen MR) is 144 cm³/mol. The topological polar surface area (TPSA) is 130 Å². The number of aliphatic hydroxyl groups excluding tert-OH is 2. The van der Waals surface area contributed by atoms with E-state index in [2.05, 4.69) is 15.0 Å². The molecule has 0 saturated carbocycles. The van der Waals surface area contributed by atoms with Crippen molar-refractivity contribution in [2.75, 3.05) is 13.1 Å². The summed E-state index contributed by atoms with van der Waals surface area (Å²) in [6.45, 7) is 3.43. The van der Waals surface area contributed by atoms with Crippen molar-refractivity contribution in [3.05, 3.63) is 63.5 Å². The van der Waals surface area contributed by atoms with E-state index in [4.69, 9.17) is 23.2 Å². The summed E-state index contributed by atoms with van der Waals surface area (Å²) in [5.74, 6) is -0.383. The molecule has 1 heterocycles. The van der Waals surface area contributed by atoms with Crippen molar-refractivity contribution in [1.82, 2.24) is 10.0 Å². The second-order valence-corrected chi connectivity index (χ2v) is 12.3. The summed E-state index contributed by atoms with van der Waals surface area (Å²) in [4.78, 5) is 15.9. The van der Waals surface area contributed by atoms with E-state index in [1.165, 1.54) is 29.5 Å². The van der Waals surface area contributed by atoms with Crippen LogP contribution in [0.25, 0.3) is 10.1 Å². The third-order valence-electron chi connectivity index (χ3n) is 5.20. The summed E-state index contributed by atoms with van der Waals surface area (Å²) >= 11 is 13.1. The minimum absolute atomic E-state index is 0.0421. The largest absolute Gasteiger partial charge is 0.462 e. The highest BCUT2D eigenvalue weighted by Crippen LogP contribution is 2.26. The Kier molecular flexibility index (Phi) is 9.73. The molecule has 0 unspecified atom stereocenters. The highest BCUT2D eigenvalue weighted by atomic mass is 35.5. The van der Waals surface area contributed by atoms with E-state index in [1.54, 1.807) is 6.07 Å². The Balaban J connectivity index is 1.62. The number of carbonyl (C=O) groups is 1. The van der Waals surface area contributed by atoms with Crippen LogP contribution in [0.4, 0.5) is 0 Å². The van der Waals surface area contributed by atoms with Gasteiger partial charge in [-0.3, -0.25) is 4.79 Å². The number of aliphatic hydroxyl groups is 2. The molecule has 8 nitrogen and oxygen atoms in total. The smallest absolute Gasteiger partial charge is 0.355 e. The van der Waals surface area contributed by atoms with Gasteiger partial charge in [0.25, 0.3) is 5.91 Å². The molecule has 3 rings (SSSR count). The molecular weight excluding hydrogens is 545 g/mol. The molecule has 0 aliphatic carbocycles. The molecule has 0 bridgehead atoms. The maximum absolute atomic E-state index is 12.8. The van der Waals surface area contributed by atoms with Crippen molar-refractivity contribution in [3.63, 3.8) is 0 Å². The van der Waals surface area contributed by atoms with Gasteiger partial charge in [-0.15, -0.1) is 11.3 Å². The first kappa shape index (κ1) is 28.4. The third-order valence-corrected chi connectivity index (χ3v) is 8.46. The fourth-order valence-electron chi connectivity index (χ4n) is 3.43. The maximum Gasteiger partial charge on any atom is 0.355 e. The first-order valence-electron chi connectivity index (χ1n) is 11.2. The Hall–Kier alpha value is -2.21. The van der Waals surface area contributed by atoms with E-state index >= 15 is 0 Å². The molecular formula is C24H28Cl2N3O5S2+.